The molecule has 1 fully saturated rings. The van der Waals surface area contributed by atoms with E-state index >= 15 is 0 Å². The highest BCUT2D eigenvalue weighted by Gasteiger charge is 2.49. The minimum Gasteiger partial charge on any atom is -0.399 e. The molecule has 1 rings (SSSR count). The molecule has 21 heavy (non-hydrogen) atoms. The molecule has 5 heteroatoms. The van der Waals surface area contributed by atoms with Gasteiger partial charge in [0.2, 0.25) is 0 Å². The van der Waals surface area contributed by atoms with E-state index in [0.29, 0.717) is 11.2 Å². The average Bonchev–Trinajstić information content (AvgIpc) is 2.46. The number of hydrogen-bond acceptors (Lipinski definition) is 1. The lowest BCUT2D eigenvalue weighted by atomic mass is 9.40. The Hall–Kier alpha value is -1.13. The van der Waals surface area contributed by atoms with Gasteiger partial charge in [0.15, 0.2) is 6.71 Å². The number of nitrogens with two attached hydrogens (primary N) is 1. The molecule has 0 spiro atoms. The molecule has 0 bridgehead atoms. The zero-order valence-corrected chi connectivity index (χ0v) is 13.3. The first-order chi connectivity index (χ1) is 9.39. The molecule has 1 heterocycles. The van der Waals surface area contributed by atoms with Gasteiger partial charge in [0, 0.05) is 5.70 Å². The Kier molecular flexibility index (Phi) is 5.07. The van der Waals surface area contributed by atoms with Gasteiger partial charge in [-0.3, -0.25) is 0 Å². The summed E-state index contributed by atoms with van der Waals surface area (Å²) < 4.78 is 37.6. The Balaban J connectivity index is 3.10. The second-order valence-electron chi connectivity index (χ2n) is 7.21. The number of hydrogen-bond donors (Lipinski definition) is 1. The van der Waals surface area contributed by atoms with E-state index in [0.717, 1.165) is 12.6 Å². The summed E-state index contributed by atoms with van der Waals surface area (Å²) in [6.07, 6.45) is 0.888. The largest absolute Gasteiger partial charge is 0.399 e. The van der Waals surface area contributed by atoms with Gasteiger partial charge >= 0.3 is 6.18 Å². The Morgan fingerprint density at radius 3 is 2.05 bits per heavy atom. The molecule has 1 saturated heterocycles. The van der Waals surface area contributed by atoms with Crippen molar-refractivity contribution in [2.24, 2.45) is 16.6 Å². The summed E-state index contributed by atoms with van der Waals surface area (Å²) in [5.74, 6) is 0. The average molecular weight is 299 g/mol. The molecule has 0 saturated carbocycles. The van der Waals surface area contributed by atoms with E-state index in [9.17, 15) is 13.2 Å². The molecule has 0 aromatic carbocycles. The van der Waals surface area contributed by atoms with Crippen LogP contribution in [0.4, 0.5) is 13.2 Å². The van der Waals surface area contributed by atoms with Gasteiger partial charge in [-0.1, -0.05) is 64.5 Å². The van der Waals surface area contributed by atoms with Crippen LogP contribution in [-0.4, -0.2) is 12.9 Å². The molecule has 0 aromatic heterocycles. The first kappa shape index (κ1) is 17.9. The summed E-state index contributed by atoms with van der Waals surface area (Å²) in [6, 6.07) is 0. The lowest BCUT2D eigenvalue weighted by Gasteiger charge is -2.35. The SMILES string of the molecule is C=C/C=C(N)\C(=C/CC(F)(F)F)B1CC(C)(C)C(C)(C)C1. The van der Waals surface area contributed by atoms with Crippen molar-refractivity contribution in [1.29, 1.82) is 0 Å². The number of alkyl halides is 3. The lowest BCUT2D eigenvalue weighted by Crippen LogP contribution is -2.24. The van der Waals surface area contributed by atoms with E-state index < -0.39 is 12.6 Å². The highest BCUT2D eigenvalue weighted by atomic mass is 19.4. The molecule has 0 unspecified atom stereocenters. The van der Waals surface area contributed by atoms with Gasteiger partial charge < -0.3 is 5.73 Å². The molecule has 118 valence electrons. The molecule has 0 radical (unpaired) electrons. The maximum absolute atomic E-state index is 12.5. The van der Waals surface area contributed by atoms with Crippen LogP contribution < -0.4 is 5.73 Å². The van der Waals surface area contributed by atoms with Crippen LogP contribution in [0.5, 0.6) is 0 Å². The zero-order valence-electron chi connectivity index (χ0n) is 13.3. The van der Waals surface area contributed by atoms with Crippen LogP contribution in [0, 0.1) is 10.8 Å². The first-order valence-electron chi connectivity index (χ1n) is 7.25. The fourth-order valence-corrected chi connectivity index (χ4v) is 3.05. The van der Waals surface area contributed by atoms with Gasteiger partial charge in [0.1, 0.15) is 0 Å². The van der Waals surface area contributed by atoms with E-state index in [2.05, 4.69) is 34.3 Å². The monoisotopic (exact) mass is 299 g/mol. The molecule has 0 aromatic rings. The van der Waals surface area contributed by atoms with Crippen LogP contribution in [0.25, 0.3) is 0 Å². The molecule has 0 amide bonds. The second kappa shape index (κ2) is 5.94. The van der Waals surface area contributed by atoms with Gasteiger partial charge in [-0.05, 0) is 16.9 Å². The summed E-state index contributed by atoms with van der Waals surface area (Å²) in [7, 11) is 0. The number of allylic oxidation sites excluding steroid dienone is 4. The van der Waals surface area contributed by atoms with Gasteiger partial charge in [-0.25, -0.2) is 0 Å². The zero-order chi connectivity index (χ0) is 16.5. The molecule has 1 aliphatic heterocycles. The topological polar surface area (TPSA) is 26.0 Å². The third-order valence-electron chi connectivity index (χ3n) is 4.97. The van der Waals surface area contributed by atoms with E-state index in [4.69, 9.17) is 5.73 Å². The summed E-state index contributed by atoms with van der Waals surface area (Å²) >= 11 is 0. The number of halogens is 3. The quantitative estimate of drug-likeness (QED) is 0.574. The van der Waals surface area contributed by atoms with Gasteiger partial charge in [-0.15, -0.1) is 0 Å². The molecule has 1 aliphatic rings. The Morgan fingerprint density at radius 1 is 1.19 bits per heavy atom. The molecule has 2 N–H and O–H groups in total. The number of rotatable bonds is 4. The van der Waals surface area contributed by atoms with Gasteiger partial charge in [-0.2, -0.15) is 13.2 Å². The summed E-state index contributed by atoms with van der Waals surface area (Å²) in [6.45, 7) is 12.3. The highest BCUT2D eigenvalue weighted by Crippen LogP contribution is 2.54. The molecule has 1 nitrogen and oxygen atoms in total. The Bertz CT molecular complexity index is 443. The Labute approximate surface area is 126 Å². The molecular formula is C16H25BF3N. The second-order valence-corrected chi connectivity index (χ2v) is 7.21. The van der Waals surface area contributed by atoms with Crippen molar-refractivity contribution in [1.82, 2.24) is 0 Å². The molecular weight excluding hydrogens is 274 g/mol. The normalized spacial score (nSPS) is 22.5. The van der Waals surface area contributed by atoms with Crippen molar-refractivity contribution in [3.05, 3.63) is 36.0 Å². The minimum atomic E-state index is -4.21. The highest BCUT2D eigenvalue weighted by molar-refractivity contribution is 6.69. The van der Waals surface area contributed by atoms with Crippen molar-refractivity contribution in [3.63, 3.8) is 0 Å². The van der Waals surface area contributed by atoms with E-state index in [-0.39, 0.29) is 17.5 Å². The van der Waals surface area contributed by atoms with Crippen molar-refractivity contribution < 1.29 is 13.2 Å². The van der Waals surface area contributed by atoms with Crippen LogP contribution in [0.1, 0.15) is 34.1 Å². The fraction of sp³-hybridized carbons (Fsp3) is 0.625. The van der Waals surface area contributed by atoms with E-state index in [1.807, 2.05) is 0 Å². The van der Waals surface area contributed by atoms with E-state index in [1.54, 1.807) is 6.08 Å². The fourth-order valence-electron chi connectivity index (χ4n) is 3.05. The summed E-state index contributed by atoms with van der Waals surface area (Å²) in [5.41, 5.74) is 7.13. The van der Waals surface area contributed by atoms with Crippen molar-refractivity contribution >= 4 is 6.71 Å². The lowest BCUT2D eigenvalue weighted by molar-refractivity contribution is -0.125. The molecule has 0 atom stereocenters. The van der Waals surface area contributed by atoms with Crippen molar-refractivity contribution in [2.75, 3.05) is 0 Å². The maximum Gasteiger partial charge on any atom is 0.392 e. The van der Waals surface area contributed by atoms with E-state index in [1.165, 1.54) is 12.2 Å². The predicted octanol–water partition coefficient (Wildman–Crippen LogP) is 4.99. The first-order valence-corrected chi connectivity index (χ1v) is 7.25. The molecule has 0 aliphatic carbocycles. The Morgan fingerprint density at radius 2 is 1.67 bits per heavy atom. The van der Waals surface area contributed by atoms with Gasteiger partial charge in [0.25, 0.3) is 0 Å². The summed E-state index contributed by atoms with van der Waals surface area (Å²) in [4.78, 5) is 0. The standard InChI is InChI=1S/C16H25BF3N/c1-6-7-13(21)12(8-9-16(18,19)20)17-10-14(2,3)15(4,5)11-17/h6-8H,1,9-11,21H2,2-5H3/b12-8+,13-7+. The maximum atomic E-state index is 12.5. The van der Waals surface area contributed by atoms with Crippen LogP contribution in [0.3, 0.4) is 0 Å². The van der Waals surface area contributed by atoms with Crippen LogP contribution in [0.15, 0.2) is 36.0 Å². The minimum absolute atomic E-state index is 0.0635. The third-order valence-corrected chi connectivity index (χ3v) is 4.97. The van der Waals surface area contributed by atoms with Crippen LogP contribution in [0.2, 0.25) is 12.6 Å². The van der Waals surface area contributed by atoms with Crippen LogP contribution >= 0.6 is 0 Å². The summed E-state index contributed by atoms with van der Waals surface area (Å²) in [5, 5.41) is 0. The van der Waals surface area contributed by atoms with Crippen LogP contribution in [-0.2, 0) is 0 Å². The third kappa shape index (κ3) is 4.42. The smallest absolute Gasteiger partial charge is 0.392 e. The van der Waals surface area contributed by atoms with Gasteiger partial charge in [0.05, 0.1) is 6.42 Å². The predicted molar refractivity (Wildman–Crippen MR) is 84.2 cm³/mol. The van der Waals surface area contributed by atoms with Crippen molar-refractivity contribution in [3.8, 4) is 0 Å². The van der Waals surface area contributed by atoms with Crippen molar-refractivity contribution in [2.45, 2.75) is 52.9 Å².